The van der Waals surface area contributed by atoms with Crippen LogP contribution in [0, 0.1) is 13.8 Å². The minimum absolute atomic E-state index is 0.0440. The molecule has 1 N–H and O–H groups in total. The van der Waals surface area contributed by atoms with Gasteiger partial charge in [0.25, 0.3) is 0 Å². The van der Waals surface area contributed by atoms with E-state index in [0.29, 0.717) is 37.4 Å². The van der Waals surface area contributed by atoms with E-state index in [1.165, 1.54) is 0 Å². The van der Waals surface area contributed by atoms with Crippen LogP contribution in [0.4, 0.5) is 0 Å². The highest BCUT2D eigenvalue weighted by atomic mass is 32.2. The molecule has 1 fully saturated rings. The number of hydrogen-bond donors (Lipinski definition) is 1. The molecule has 186 valence electrons. The Bertz CT molecular complexity index is 1240. The lowest BCUT2D eigenvalue weighted by Gasteiger charge is -2.20. The third-order valence-electron chi connectivity index (χ3n) is 6.67. The summed E-state index contributed by atoms with van der Waals surface area (Å²) in [6.07, 6.45) is 4.89. The normalized spacial score (nSPS) is 15.0. The molecule has 8 heteroatoms. The van der Waals surface area contributed by atoms with Crippen molar-refractivity contribution in [3.8, 4) is 5.69 Å². The highest BCUT2D eigenvalue weighted by Gasteiger charge is 2.25. The maximum Gasteiger partial charge on any atom is 0.243 e. The summed E-state index contributed by atoms with van der Waals surface area (Å²) >= 11 is 0. The lowest BCUT2D eigenvalue weighted by Crippen LogP contribution is -2.31. The molecule has 2 heterocycles. The number of aromatic nitrogens is 2. The van der Waals surface area contributed by atoms with E-state index in [4.69, 9.17) is 0 Å². The van der Waals surface area contributed by atoms with Crippen molar-refractivity contribution in [3.05, 3.63) is 77.1 Å². The van der Waals surface area contributed by atoms with Gasteiger partial charge in [0.15, 0.2) is 0 Å². The van der Waals surface area contributed by atoms with Crippen LogP contribution in [0.25, 0.3) is 5.69 Å². The quantitative estimate of drug-likeness (QED) is 0.506. The van der Waals surface area contributed by atoms with Crippen molar-refractivity contribution in [3.63, 3.8) is 0 Å². The topological polar surface area (TPSA) is 84.3 Å². The van der Waals surface area contributed by atoms with E-state index in [1.807, 2.05) is 61.0 Å². The average Bonchev–Trinajstić information content (AvgIpc) is 3.04. The fourth-order valence-electron chi connectivity index (χ4n) is 4.54. The summed E-state index contributed by atoms with van der Waals surface area (Å²) in [7, 11) is -3.45. The minimum Gasteiger partial charge on any atom is -0.352 e. The summed E-state index contributed by atoms with van der Waals surface area (Å²) in [5, 5.41) is 7.64. The Balaban J connectivity index is 1.31. The van der Waals surface area contributed by atoms with E-state index >= 15 is 0 Å². The first-order valence-electron chi connectivity index (χ1n) is 12.3. The lowest BCUT2D eigenvalue weighted by molar-refractivity contribution is -0.121. The molecular formula is C27H34N4O3S. The van der Waals surface area contributed by atoms with Crippen molar-refractivity contribution in [2.45, 2.75) is 63.8 Å². The Morgan fingerprint density at radius 2 is 1.60 bits per heavy atom. The molecule has 0 saturated carbocycles. The average molecular weight is 495 g/mol. The van der Waals surface area contributed by atoms with Crippen LogP contribution >= 0.6 is 0 Å². The molecule has 3 aromatic rings. The lowest BCUT2D eigenvalue weighted by atomic mass is 10.1. The monoisotopic (exact) mass is 494 g/mol. The largest absolute Gasteiger partial charge is 0.352 e. The smallest absolute Gasteiger partial charge is 0.243 e. The molecule has 0 unspecified atom stereocenters. The Morgan fingerprint density at radius 1 is 0.943 bits per heavy atom. The summed E-state index contributed by atoms with van der Waals surface area (Å²) in [5.74, 6) is -0.0440. The van der Waals surface area contributed by atoms with Crippen LogP contribution in [-0.2, 0) is 27.8 Å². The second kappa shape index (κ2) is 11.2. The number of benzene rings is 2. The van der Waals surface area contributed by atoms with Crippen molar-refractivity contribution >= 4 is 15.9 Å². The number of para-hydroxylation sites is 1. The molecule has 0 radical (unpaired) electrons. The zero-order chi connectivity index (χ0) is 24.8. The third kappa shape index (κ3) is 6.00. The van der Waals surface area contributed by atoms with Crippen LogP contribution in [0.3, 0.4) is 0 Å². The van der Waals surface area contributed by atoms with Crippen LogP contribution in [0.1, 0.15) is 54.6 Å². The van der Waals surface area contributed by atoms with Crippen LogP contribution in [0.2, 0.25) is 0 Å². The van der Waals surface area contributed by atoms with E-state index in [-0.39, 0.29) is 5.91 Å². The number of nitrogens with zero attached hydrogens (tertiary/aromatic N) is 3. The molecular weight excluding hydrogens is 460 g/mol. The van der Waals surface area contributed by atoms with Gasteiger partial charge in [-0.25, -0.2) is 13.1 Å². The molecule has 0 atom stereocenters. The van der Waals surface area contributed by atoms with Gasteiger partial charge < -0.3 is 5.32 Å². The van der Waals surface area contributed by atoms with Crippen LogP contribution in [0.5, 0.6) is 0 Å². The first kappa shape index (κ1) is 25.1. The highest BCUT2D eigenvalue weighted by Crippen LogP contribution is 2.21. The number of carbonyl (C=O) groups excluding carboxylic acids is 1. The molecule has 0 aliphatic carbocycles. The second-order valence-electron chi connectivity index (χ2n) is 9.14. The first-order chi connectivity index (χ1) is 16.9. The van der Waals surface area contributed by atoms with Gasteiger partial charge in [0.1, 0.15) is 0 Å². The van der Waals surface area contributed by atoms with Gasteiger partial charge in [0, 0.05) is 37.3 Å². The molecule has 1 amide bonds. The minimum atomic E-state index is -3.45. The summed E-state index contributed by atoms with van der Waals surface area (Å²) in [4.78, 5) is 12.8. The molecule has 1 aromatic heterocycles. The summed E-state index contributed by atoms with van der Waals surface area (Å²) in [5.41, 5.74) is 4.86. The first-order valence-corrected chi connectivity index (χ1v) is 13.8. The molecule has 0 bridgehead atoms. The predicted octanol–water partition coefficient (Wildman–Crippen LogP) is 4.30. The number of sulfonamides is 1. The van der Waals surface area contributed by atoms with Crippen molar-refractivity contribution in [2.24, 2.45) is 0 Å². The summed E-state index contributed by atoms with van der Waals surface area (Å²) < 4.78 is 29.4. The maximum absolute atomic E-state index is 12.9. The number of aryl methyl sites for hydroxylation is 2. The van der Waals surface area contributed by atoms with Gasteiger partial charge in [-0.1, -0.05) is 43.2 Å². The number of nitrogens with one attached hydrogen (secondary N) is 1. The third-order valence-corrected chi connectivity index (χ3v) is 8.58. The molecule has 35 heavy (non-hydrogen) atoms. The summed E-state index contributed by atoms with van der Waals surface area (Å²) in [6, 6.07) is 16.9. The van der Waals surface area contributed by atoms with Gasteiger partial charge in [-0.15, -0.1) is 0 Å². The van der Waals surface area contributed by atoms with E-state index in [0.717, 1.165) is 53.9 Å². The zero-order valence-electron chi connectivity index (χ0n) is 20.5. The van der Waals surface area contributed by atoms with E-state index < -0.39 is 10.0 Å². The van der Waals surface area contributed by atoms with Crippen molar-refractivity contribution in [1.82, 2.24) is 19.4 Å². The standard InChI is InChI=1S/C27H34N4O3S/c1-21-26(22(2)31(29-21)24-10-6-5-7-11-24)20-28-27(32)17-14-23-12-15-25(16-13-23)35(33,34)30-18-8-3-4-9-19-30/h5-7,10-13,15-16H,3-4,8-9,14,17-20H2,1-2H3,(H,28,32). The molecule has 1 aliphatic heterocycles. The van der Waals surface area contributed by atoms with Crippen molar-refractivity contribution in [2.75, 3.05) is 13.1 Å². The SMILES string of the molecule is Cc1nn(-c2ccccc2)c(C)c1CNC(=O)CCc1ccc(S(=O)(=O)N2CCCCCC2)cc1. The van der Waals surface area contributed by atoms with Crippen LogP contribution < -0.4 is 5.32 Å². The van der Waals surface area contributed by atoms with E-state index in [9.17, 15) is 13.2 Å². The van der Waals surface area contributed by atoms with Gasteiger partial charge in [0.05, 0.1) is 16.3 Å². The van der Waals surface area contributed by atoms with Crippen molar-refractivity contribution in [1.29, 1.82) is 0 Å². The fourth-order valence-corrected chi connectivity index (χ4v) is 6.06. The van der Waals surface area contributed by atoms with Gasteiger partial charge in [-0.2, -0.15) is 9.40 Å². The number of amides is 1. The fraction of sp³-hybridized carbons (Fsp3) is 0.407. The van der Waals surface area contributed by atoms with Crippen LogP contribution in [-0.4, -0.2) is 41.5 Å². The zero-order valence-corrected chi connectivity index (χ0v) is 21.4. The molecule has 4 rings (SSSR count). The molecule has 7 nitrogen and oxygen atoms in total. The Hall–Kier alpha value is -2.97. The number of hydrogen-bond acceptors (Lipinski definition) is 4. The molecule has 1 aliphatic rings. The number of rotatable bonds is 8. The van der Waals surface area contributed by atoms with E-state index in [1.54, 1.807) is 16.4 Å². The van der Waals surface area contributed by atoms with Gasteiger partial charge in [-0.05, 0) is 62.9 Å². The van der Waals surface area contributed by atoms with Gasteiger partial charge >= 0.3 is 0 Å². The molecule has 2 aromatic carbocycles. The van der Waals surface area contributed by atoms with Crippen molar-refractivity contribution < 1.29 is 13.2 Å². The van der Waals surface area contributed by atoms with Gasteiger partial charge in [0.2, 0.25) is 15.9 Å². The van der Waals surface area contributed by atoms with Crippen LogP contribution in [0.15, 0.2) is 59.5 Å². The maximum atomic E-state index is 12.9. The summed E-state index contributed by atoms with van der Waals surface area (Å²) in [6.45, 7) is 5.57. The number of carbonyl (C=O) groups is 1. The Morgan fingerprint density at radius 3 is 2.26 bits per heavy atom. The predicted molar refractivity (Wildman–Crippen MR) is 137 cm³/mol. The highest BCUT2D eigenvalue weighted by molar-refractivity contribution is 7.89. The Kier molecular flexibility index (Phi) is 8.03. The van der Waals surface area contributed by atoms with Gasteiger partial charge in [-0.3, -0.25) is 4.79 Å². The van der Waals surface area contributed by atoms with E-state index in [2.05, 4.69) is 10.4 Å². The molecule has 0 spiro atoms. The second-order valence-corrected chi connectivity index (χ2v) is 11.1. The molecule has 1 saturated heterocycles. The Labute approximate surface area is 208 Å².